The Bertz CT molecular complexity index is 581. The van der Waals surface area contributed by atoms with Crippen molar-refractivity contribution >= 4 is 6.03 Å². The van der Waals surface area contributed by atoms with Crippen LogP contribution in [0.1, 0.15) is 51.5 Å². The number of hydrogen-bond acceptors (Lipinski definition) is 4. The molecule has 2 heterocycles. The van der Waals surface area contributed by atoms with Crippen LogP contribution in [0.5, 0.6) is 5.88 Å². The molecule has 1 aromatic heterocycles. The van der Waals surface area contributed by atoms with E-state index in [9.17, 15) is 4.79 Å². The quantitative estimate of drug-likeness (QED) is 0.615. The molecule has 2 amide bonds. The summed E-state index contributed by atoms with van der Waals surface area (Å²) in [7, 11) is 0. The zero-order valence-electron chi connectivity index (χ0n) is 16.7. The minimum Gasteiger partial charge on any atom is -0.473 e. The Hall–Kier alpha value is -2.08. The van der Waals surface area contributed by atoms with Gasteiger partial charge in [0.05, 0.1) is 0 Å². The molecule has 0 unspecified atom stereocenters. The number of hydrogen-bond donors (Lipinski definition) is 2. The number of nitrogens with zero attached hydrogens (tertiary/aromatic N) is 2. The van der Waals surface area contributed by atoms with E-state index in [4.69, 9.17) is 4.74 Å². The van der Waals surface area contributed by atoms with Crippen LogP contribution in [0.25, 0.3) is 0 Å². The monoisotopic (exact) mass is 374 g/mol. The van der Waals surface area contributed by atoms with Gasteiger partial charge >= 0.3 is 6.03 Å². The van der Waals surface area contributed by atoms with Gasteiger partial charge in [-0.25, -0.2) is 9.78 Å². The smallest absolute Gasteiger partial charge is 0.315 e. The van der Waals surface area contributed by atoms with Crippen LogP contribution in [0.3, 0.4) is 0 Å². The molecule has 6 nitrogen and oxygen atoms in total. The Morgan fingerprint density at radius 1 is 1.26 bits per heavy atom. The fourth-order valence-corrected chi connectivity index (χ4v) is 3.17. The molecule has 1 fully saturated rings. The second kappa shape index (κ2) is 12.3. The molecular formula is C21H34N4O2. The van der Waals surface area contributed by atoms with Crippen molar-refractivity contribution in [1.29, 1.82) is 0 Å². The zero-order valence-corrected chi connectivity index (χ0v) is 16.7. The van der Waals surface area contributed by atoms with Gasteiger partial charge in [-0.15, -0.1) is 0 Å². The van der Waals surface area contributed by atoms with E-state index in [2.05, 4.69) is 40.4 Å². The number of nitrogens with one attached hydrogen (secondary N) is 2. The Labute approximate surface area is 163 Å². The van der Waals surface area contributed by atoms with E-state index in [0.717, 1.165) is 19.4 Å². The van der Waals surface area contributed by atoms with Crippen LogP contribution in [0, 0.1) is 0 Å². The number of carbonyl (C=O) groups is 1. The minimum absolute atomic E-state index is 0.124. The fraction of sp³-hybridized carbons (Fsp3) is 0.619. The average molecular weight is 375 g/mol. The zero-order chi connectivity index (χ0) is 19.3. The van der Waals surface area contributed by atoms with E-state index in [0.29, 0.717) is 19.0 Å². The van der Waals surface area contributed by atoms with Gasteiger partial charge in [-0.05, 0) is 56.5 Å². The van der Waals surface area contributed by atoms with Gasteiger partial charge in [-0.1, -0.05) is 26.3 Å². The number of likely N-dealkylation sites (tertiary alicyclic amines) is 1. The summed E-state index contributed by atoms with van der Waals surface area (Å²) in [6, 6.07) is 4.19. The molecule has 0 aromatic carbocycles. The summed E-state index contributed by atoms with van der Waals surface area (Å²) in [6.07, 6.45) is 11.4. The fourth-order valence-electron chi connectivity index (χ4n) is 3.17. The number of urea groups is 1. The third-order valence-electron chi connectivity index (χ3n) is 4.85. The first-order valence-electron chi connectivity index (χ1n) is 10.2. The van der Waals surface area contributed by atoms with Crippen molar-refractivity contribution in [3.8, 4) is 5.88 Å². The number of amides is 2. The maximum Gasteiger partial charge on any atom is 0.315 e. The lowest BCUT2D eigenvalue weighted by Gasteiger charge is -2.26. The van der Waals surface area contributed by atoms with Gasteiger partial charge in [0.15, 0.2) is 0 Å². The summed E-state index contributed by atoms with van der Waals surface area (Å²) in [5.41, 5.74) is 1.24. The molecule has 0 aliphatic carbocycles. The SMILES string of the molecule is CCC(CC)NC(=O)NCC=CCOc1cc(CN2CCCCC2)ccn1. The third kappa shape index (κ3) is 8.43. The van der Waals surface area contributed by atoms with E-state index in [-0.39, 0.29) is 12.1 Å². The Kier molecular flexibility index (Phi) is 9.69. The third-order valence-corrected chi connectivity index (χ3v) is 4.85. The lowest BCUT2D eigenvalue weighted by molar-refractivity contribution is 0.220. The molecule has 0 spiro atoms. The first-order chi connectivity index (χ1) is 13.2. The van der Waals surface area contributed by atoms with Crippen molar-refractivity contribution in [3.05, 3.63) is 36.0 Å². The Balaban J connectivity index is 1.65. The van der Waals surface area contributed by atoms with E-state index in [1.54, 1.807) is 0 Å². The minimum atomic E-state index is -0.124. The maximum atomic E-state index is 11.7. The summed E-state index contributed by atoms with van der Waals surface area (Å²) in [4.78, 5) is 18.5. The van der Waals surface area contributed by atoms with Crippen molar-refractivity contribution in [2.75, 3.05) is 26.2 Å². The van der Waals surface area contributed by atoms with E-state index >= 15 is 0 Å². The summed E-state index contributed by atoms with van der Waals surface area (Å²) < 4.78 is 5.70. The van der Waals surface area contributed by atoms with Gasteiger partial charge in [0.1, 0.15) is 6.61 Å². The predicted molar refractivity (Wildman–Crippen MR) is 109 cm³/mol. The molecule has 1 aromatic rings. The van der Waals surface area contributed by atoms with Crippen molar-refractivity contribution in [2.45, 2.75) is 58.5 Å². The van der Waals surface area contributed by atoms with Crippen molar-refractivity contribution in [2.24, 2.45) is 0 Å². The lowest BCUT2D eigenvalue weighted by Crippen LogP contribution is -2.41. The molecular weight excluding hydrogens is 340 g/mol. The highest BCUT2D eigenvalue weighted by molar-refractivity contribution is 5.74. The average Bonchev–Trinajstić information content (AvgIpc) is 2.70. The van der Waals surface area contributed by atoms with E-state index < -0.39 is 0 Å². The van der Waals surface area contributed by atoms with Crippen LogP contribution in [0.2, 0.25) is 0 Å². The summed E-state index contributed by atoms with van der Waals surface area (Å²) >= 11 is 0. The molecule has 1 aliphatic rings. The molecule has 6 heteroatoms. The van der Waals surface area contributed by atoms with Gasteiger partial charge in [-0.3, -0.25) is 4.90 Å². The van der Waals surface area contributed by atoms with Crippen LogP contribution in [-0.2, 0) is 6.54 Å². The van der Waals surface area contributed by atoms with Crippen LogP contribution in [0.4, 0.5) is 4.79 Å². The summed E-state index contributed by atoms with van der Waals surface area (Å²) in [6.45, 7) is 8.39. The van der Waals surface area contributed by atoms with Crippen molar-refractivity contribution < 1.29 is 9.53 Å². The first kappa shape index (κ1) is 21.2. The van der Waals surface area contributed by atoms with Crippen molar-refractivity contribution in [3.63, 3.8) is 0 Å². The number of piperidine rings is 1. The van der Waals surface area contributed by atoms with Crippen LogP contribution < -0.4 is 15.4 Å². The Morgan fingerprint density at radius 2 is 2.04 bits per heavy atom. The molecule has 2 N–H and O–H groups in total. The Morgan fingerprint density at radius 3 is 2.78 bits per heavy atom. The van der Waals surface area contributed by atoms with E-state index in [1.807, 2.05) is 24.4 Å². The van der Waals surface area contributed by atoms with E-state index in [1.165, 1.54) is 37.9 Å². The predicted octanol–water partition coefficient (Wildman–Crippen LogP) is 3.49. The molecule has 150 valence electrons. The second-order valence-corrected chi connectivity index (χ2v) is 6.99. The van der Waals surface area contributed by atoms with Crippen LogP contribution in [0.15, 0.2) is 30.5 Å². The number of rotatable bonds is 10. The molecule has 0 radical (unpaired) electrons. The van der Waals surface area contributed by atoms with Gasteiger partial charge in [0.2, 0.25) is 5.88 Å². The molecule has 2 rings (SSSR count). The summed E-state index contributed by atoms with van der Waals surface area (Å²) in [5.74, 6) is 0.647. The first-order valence-corrected chi connectivity index (χ1v) is 10.2. The maximum absolute atomic E-state index is 11.7. The van der Waals surface area contributed by atoms with Gasteiger partial charge in [0, 0.05) is 31.4 Å². The lowest BCUT2D eigenvalue weighted by atomic mass is 10.1. The largest absolute Gasteiger partial charge is 0.473 e. The van der Waals surface area contributed by atoms with Crippen LogP contribution in [-0.4, -0.2) is 48.2 Å². The van der Waals surface area contributed by atoms with Gasteiger partial charge in [-0.2, -0.15) is 0 Å². The highest BCUT2D eigenvalue weighted by Crippen LogP contribution is 2.15. The topological polar surface area (TPSA) is 66.5 Å². The highest BCUT2D eigenvalue weighted by Gasteiger charge is 2.11. The molecule has 0 bridgehead atoms. The molecule has 27 heavy (non-hydrogen) atoms. The normalized spacial score (nSPS) is 15.2. The number of aromatic nitrogens is 1. The second-order valence-electron chi connectivity index (χ2n) is 6.99. The number of pyridine rings is 1. The number of carbonyl (C=O) groups excluding carboxylic acids is 1. The highest BCUT2D eigenvalue weighted by atomic mass is 16.5. The molecule has 1 saturated heterocycles. The summed E-state index contributed by atoms with van der Waals surface area (Å²) in [5, 5.41) is 5.77. The molecule has 0 saturated carbocycles. The number of ether oxygens (including phenoxy) is 1. The van der Waals surface area contributed by atoms with Crippen molar-refractivity contribution in [1.82, 2.24) is 20.5 Å². The molecule has 0 atom stereocenters. The van der Waals surface area contributed by atoms with Gasteiger partial charge < -0.3 is 15.4 Å². The molecule has 1 aliphatic heterocycles. The standard InChI is InChI=1S/C21H34N4O2/c1-3-19(4-2)24-21(26)23-11-6-9-15-27-20-16-18(10-12-22-20)17-25-13-7-5-8-14-25/h6,9-10,12,16,19H,3-5,7-8,11,13-15,17H2,1-2H3,(H2,23,24,26). The van der Waals surface area contributed by atoms with Crippen LogP contribution >= 0.6 is 0 Å². The van der Waals surface area contributed by atoms with Gasteiger partial charge in [0.25, 0.3) is 0 Å².